The molecule has 88 valence electrons. The first-order valence-electron chi connectivity index (χ1n) is 4.87. The van der Waals surface area contributed by atoms with E-state index in [1.54, 1.807) is 0 Å². The average Bonchev–Trinajstić information content (AvgIpc) is 2.60. The van der Waals surface area contributed by atoms with Crippen molar-refractivity contribution in [1.29, 1.82) is 0 Å². The molecule has 2 heterocycles. The Kier molecular flexibility index (Phi) is 3.13. The third-order valence-electron chi connectivity index (χ3n) is 2.46. The predicted molar refractivity (Wildman–Crippen MR) is 58.2 cm³/mol. The van der Waals surface area contributed by atoms with Crippen molar-refractivity contribution in [2.75, 3.05) is 12.3 Å². The smallest absolute Gasteiger partial charge is 0.351 e. The molecule has 7 heteroatoms. The Balaban J connectivity index is 2.28. The molecule has 0 aromatic carbocycles. The number of aromatic nitrogens is 2. The van der Waals surface area contributed by atoms with Crippen molar-refractivity contribution >= 4 is 17.4 Å². The second-order valence-electron chi connectivity index (χ2n) is 3.63. The van der Waals surface area contributed by atoms with Crippen molar-refractivity contribution in [2.45, 2.75) is 24.1 Å². The SMILES string of the molecule is Nc1ccn(C2OC(CO)CC2Cl)c(=O)n1. The van der Waals surface area contributed by atoms with E-state index in [1.165, 1.54) is 16.8 Å². The van der Waals surface area contributed by atoms with Gasteiger partial charge < -0.3 is 15.6 Å². The highest BCUT2D eigenvalue weighted by atomic mass is 35.5. The molecule has 2 rings (SSSR count). The molecular weight excluding hydrogens is 234 g/mol. The van der Waals surface area contributed by atoms with Gasteiger partial charge in [-0.1, -0.05) is 0 Å². The monoisotopic (exact) mass is 245 g/mol. The summed E-state index contributed by atoms with van der Waals surface area (Å²) in [4.78, 5) is 15.1. The molecule has 3 N–H and O–H groups in total. The van der Waals surface area contributed by atoms with Crippen molar-refractivity contribution < 1.29 is 9.84 Å². The van der Waals surface area contributed by atoms with Crippen molar-refractivity contribution in [3.8, 4) is 0 Å². The number of hydrogen-bond acceptors (Lipinski definition) is 5. The summed E-state index contributed by atoms with van der Waals surface area (Å²) in [5.41, 5.74) is 4.87. The number of aliphatic hydroxyl groups is 1. The number of nitrogen functional groups attached to an aromatic ring is 1. The molecule has 16 heavy (non-hydrogen) atoms. The Morgan fingerprint density at radius 1 is 1.75 bits per heavy atom. The van der Waals surface area contributed by atoms with Gasteiger partial charge in [-0.3, -0.25) is 4.57 Å². The molecular formula is C9H12ClN3O3. The maximum Gasteiger partial charge on any atom is 0.351 e. The van der Waals surface area contributed by atoms with E-state index in [4.69, 9.17) is 27.2 Å². The number of ether oxygens (including phenoxy) is 1. The van der Waals surface area contributed by atoms with Gasteiger partial charge >= 0.3 is 5.69 Å². The first kappa shape index (κ1) is 11.4. The van der Waals surface area contributed by atoms with E-state index in [0.717, 1.165) is 0 Å². The number of aliphatic hydroxyl groups excluding tert-OH is 1. The molecule has 0 radical (unpaired) electrons. The number of nitrogens with two attached hydrogens (primary N) is 1. The molecule has 1 fully saturated rings. The van der Waals surface area contributed by atoms with E-state index in [2.05, 4.69) is 4.98 Å². The fourth-order valence-electron chi connectivity index (χ4n) is 1.68. The highest BCUT2D eigenvalue weighted by Gasteiger charge is 2.35. The molecule has 0 aliphatic carbocycles. The molecule has 0 bridgehead atoms. The van der Waals surface area contributed by atoms with Gasteiger partial charge in [-0.15, -0.1) is 11.6 Å². The minimum atomic E-state index is -0.598. The lowest BCUT2D eigenvalue weighted by Gasteiger charge is -2.16. The van der Waals surface area contributed by atoms with Crippen LogP contribution in [0, 0.1) is 0 Å². The van der Waals surface area contributed by atoms with E-state index >= 15 is 0 Å². The number of halogens is 1. The third-order valence-corrected chi connectivity index (χ3v) is 2.85. The van der Waals surface area contributed by atoms with E-state index in [-0.39, 0.29) is 23.9 Å². The number of anilines is 1. The van der Waals surface area contributed by atoms with Crippen molar-refractivity contribution in [2.24, 2.45) is 0 Å². The third kappa shape index (κ3) is 2.04. The molecule has 0 amide bonds. The van der Waals surface area contributed by atoms with Crippen LogP contribution in [0.25, 0.3) is 0 Å². The topological polar surface area (TPSA) is 90.4 Å². The maximum absolute atomic E-state index is 11.5. The second kappa shape index (κ2) is 4.40. The first-order valence-corrected chi connectivity index (χ1v) is 5.30. The minimum absolute atomic E-state index is 0.114. The van der Waals surface area contributed by atoms with Crippen molar-refractivity contribution in [1.82, 2.24) is 9.55 Å². The van der Waals surface area contributed by atoms with Crippen molar-refractivity contribution in [3.63, 3.8) is 0 Å². The summed E-state index contributed by atoms with van der Waals surface area (Å²) in [5.74, 6) is 0.157. The zero-order chi connectivity index (χ0) is 11.7. The van der Waals surface area contributed by atoms with Crippen LogP contribution < -0.4 is 11.4 Å². The van der Waals surface area contributed by atoms with Gasteiger partial charge in [-0.2, -0.15) is 4.98 Å². The molecule has 1 aliphatic rings. The largest absolute Gasteiger partial charge is 0.394 e. The maximum atomic E-state index is 11.5. The number of nitrogens with zero attached hydrogens (tertiary/aromatic N) is 2. The molecule has 0 spiro atoms. The summed E-state index contributed by atoms with van der Waals surface area (Å²) >= 11 is 6.04. The Morgan fingerprint density at radius 3 is 3.06 bits per heavy atom. The minimum Gasteiger partial charge on any atom is -0.394 e. The Bertz CT molecular complexity index is 436. The van der Waals surface area contributed by atoms with Gasteiger partial charge in [0.25, 0.3) is 0 Å². The summed E-state index contributed by atoms with van der Waals surface area (Å²) in [6.45, 7) is -0.114. The molecule has 1 aromatic rings. The number of alkyl halides is 1. The summed E-state index contributed by atoms with van der Waals surface area (Å²) in [5, 5.41) is 8.59. The molecule has 1 saturated heterocycles. The lowest BCUT2D eigenvalue weighted by atomic mass is 10.2. The van der Waals surface area contributed by atoms with Crippen LogP contribution >= 0.6 is 11.6 Å². The van der Waals surface area contributed by atoms with Crippen LogP contribution in [0.1, 0.15) is 12.6 Å². The normalized spacial score (nSPS) is 29.5. The summed E-state index contributed by atoms with van der Waals surface area (Å²) in [6.07, 6.45) is 1.06. The van der Waals surface area contributed by atoms with Crippen LogP contribution in [0.4, 0.5) is 5.82 Å². The van der Waals surface area contributed by atoms with E-state index in [9.17, 15) is 4.79 Å². The first-order chi connectivity index (χ1) is 7.61. The number of hydrogen-bond donors (Lipinski definition) is 2. The van der Waals surface area contributed by atoms with Gasteiger partial charge in [0, 0.05) is 6.20 Å². The molecule has 3 atom stereocenters. The molecule has 6 nitrogen and oxygen atoms in total. The predicted octanol–water partition coefficient (Wildman–Crippen LogP) is -0.287. The highest BCUT2D eigenvalue weighted by molar-refractivity contribution is 6.21. The zero-order valence-corrected chi connectivity index (χ0v) is 9.17. The fourth-order valence-corrected chi connectivity index (χ4v) is 2.06. The summed E-state index contributed by atoms with van der Waals surface area (Å²) < 4.78 is 6.71. The Morgan fingerprint density at radius 2 is 2.50 bits per heavy atom. The molecule has 1 aliphatic heterocycles. The zero-order valence-electron chi connectivity index (χ0n) is 8.41. The summed E-state index contributed by atoms with van der Waals surface area (Å²) in [7, 11) is 0. The second-order valence-corrected chi connectivity index (χ2v) is 4.19. The van der Waals surface area contributed by atoms with Gasteiger partial charge in [-0.25, -0.2) is 4.79 Å². The van der Waals surface area contributed by atoms with Crippen molar-refractivity contribution in [3.05, 3.63) is 22.7 Å². The molecule has 3 unspecified atom stereocenters. The van der Waals surface area contributed by atoms with Gasteiger partial charge in [0.15, 0.2) is 6.23 Å². The van der Waals surface area contributed by atoms with Crippen LogP contribution in [0.2, 0.25) is 0 Å². The Hall–Kier alpha value is -1.11. The highest BCUT2D eigenvalue weighted by Crippen LogP contribution is 2.31. The Labute approximate surface area is 96.6 Å². The molecule has 0 saturated carbocycles. The summed E-state index contributed by atoms with van der Waals surface area (Å²) in [6, 6.07) is 1.50. The lowest BCUT2D eigenvalue weighted by molar-refractivity contribution is -0.0237. The van der Waals surface area contributed by atoms with Crippen LogP contribution in [0.15, 0.2) is 17.1 Å². The van der Waals surface area contributed by atoms with E-state index in [1.807, 2.05) is 0 Å². The van der Waals surface area contributed by atoms with Gasteiger partial charge in [-0.05, 0) is 12.5 Å². The van der Waals surface area contributed by atoms with Gasteiger partial charge in [0.05, 0.1) is 18.1 Å². The van der Waals surface area contributed by atoms with Gasteiger partial charge in [0.1, 0.15) is 5.82 Å². The average molecular weight is 246 g/mol. The van der Waals surface area contributed by atoms with Crippen LogP contribution in [0.5, 0.6) is 0 Å². The number of rotatable bonds is 2. The van der Waals surface area contributed by atoms with Crippen LogP contribution in [-0.4, -0.2) is 32.7 Å². The van der Waals surface area contributed by atoms with Crippen LogP contribution in [-0.2, 0) is 4.74 Å². The molecule has 1 aromatic heterocycles. The van der Waals surface area contributed by atoms with Crippen LogP contribution in [0.3, 0.4) is 0 Å². The standard InChI is InChI=1S/C9H12ClN3O3/c10-6-3-5(4-14)16-8(6)13-2-1-7(11)12-9(13)15/h1-2,5-6,8,14H,3-4H2,(H2,11,12,15). The van der Waals surface area contributed by atoms with Gasteiger partial charge in [0.2, 0.25) is 0 Å². The lowest BCUT2D eigenvalue weighted by Crippen LogP contribution is -2.30. The quantitative estimate of drug-likeness (QED) is 0.699. The fraction of sp³-hybridized carbons (Fsp3) is 0.556. The van der Waals surface area contributed by atoms with E-state index in [0.29, 0.717) is 6.42 Å². The van der Waals surface area contributed by atoms with E-state index < -0.39 is 11.9 Å².